The number of hydrogen-bond donors (Lipinski definition) is 2. The van der Waals surface area contributed by atoms with E-state index in [4.69, 9.17) is 0 Å². The molecule has 6 nitrogen and oxygen atoms in total. The summed E-state index contributed by atoms with van der Waals surface area (Å²) in [6, 6.07) is 7.03. The highest BCUT2D eigenvalue weighted by molar-refractivity contribution is 7.99. The standard InChI is InChI=1S/C30H38O6S2/c1-29(2,19-31)13-7-9-23-15-21(33)17-27(37(23)35)25-11-5-6-12-26(25)28-18-22(34)16-24(38(28)36)10-8-14-30(3,4)20-32/h5-6,11-12,15-18,31-32H,7-10,13-14,19-20H2,1-4H3. The van der Waals surface area contributed by atoms with Gasteiger partial charge in [-0.3, -0.25) is 9.59 Å². The molecule has 2 heterocycles. The number of allylic oxidation sites excluding steroid dienone is 6. The monoisotopic (exact) mass is 558 g/mol. The fraction of sp³-hybridized carbons (Fsp3) is 0.467. The van der Waals surface area contributed by atoms with E-state index in [1.54, 1.807) is 24.3 Å². The number of ketones is 2. The minimum absolute atomic E-state index is 0.0488. The lowest BCUT2D eigenvalue weighted by Crippen LogP contribution is -2.17. The molecule has 2 N–H and O–H groups in total. The van der Waals surface area contributed by atoms with Crippen molar-refractivity contribution in [1.29, 1.82) is 0 Å². The number of hydrogen-bond acceptors (Lipinski definition) is 6. The minimum atomic E-state index is -1.59. The van der Waals surface area contributed by atoms with Crippen LogP contribution in [0.3, 0.4) is 0 Å². The van der Waals surface area contributed by atoms with Gasteiger partial charge in [0.15, 0.2) is 11.6 Å². The number of carbonyl (C=O) groups excluding carboxylic acids is 2. The van der Waals surface area contributed by atoms with E-state index in [0.29, 0.717) is 56.4 Å². The van der Waals surface area contributed by atoms with Gasteiger partial charge in [-0.05, 0) is 72.6 Å². The van der Waals surface area contributed by atoms with E-state index in [9.17, 15) is 28.2 Å². The van der Waals surface area contributed by atoms with Crippen molar-refractivity contribution in [3.63, 3.8) is 0 Å². The summed E-state index contributed by atoms with van der Waals surface area (Å²) in [7, 11) is -3.18. The third kappa shape index (κ3) is 7.65. The largest absolute Gasteiger partial charge is 0.396 e. The molecule has 3 rings (SSSR count). The zero-order chi connectivity index (χ0) is 28.1. The van der Waals surface area contributed by atoms with Gasteiger partial charge in [0, 0.05) is 35.2 Å². The highest BCUT2D eigenvalue weighted by Crippen LogP contribution is 2.38. The Labute approximate surface area is 230 Å². The first-order valence-electron chi connectivity index (χ1n) is 12.9. The first-order valence-corrected chi connectivity index (χ1v) is 15.2. The number of carbonyl (C=O) groups is 2. The molecule has 8 heteroatoms. The molecule has 0 aromatic heterocycles. The second kappa shape index (κ2) is 12.7. The molecule has 0 saturated heterocycles. The molecule has 1 aromatic carbocycles. The lowest BCUT2D eigenvalue weighted by atomic mass is 9.88. The smallest absolute Gasteiger partial charge is 0.180 e. The van der Waals surface area contributed by atoms with E-state index >= 15 is 0 Å². The Bertz CT molecular complexity index is 1170. The van der Waals surface area contributed by atoms with Gasteiger partial charge < -0.3 is 10.2 Å². The fourth-order valence-corrected chi connectivity index (χ4v) is 7.27. The molecule has 0 spiro atoms. The molecule has 2 atom stereocenters. The van der Waals surface area contributed by atoms with Crippen molar-refractivity contribution in [2.45, 2.75) is 66.2 Å². The molecule has 1 aromatic rings. The van der Waals surface area contributed by atoms with Crippen molar-refractivity contribution in [3.05, 3.63) is 69.5 Å². The molecule has 206 valence electrons. The Kier molecular flexibility index (Phi) is 10.1. The molecule has 38 heavy (non-hydrogen) atoms. The van der Waals surface area contributed by atoms with E-state index in [2.05, 4.69) is 0 Å². The van der Waals surface area contributed by atoms with E-state index in [-0.39, 0.29) is 35.6 Å². The van der Waals surface area contributed by atoms with Gasteiger partial charge in [-0.15, -0.1) is 0 Å². The SMILES string of the molecule is CC(C)(CO)CCCC1=CC(=O)C=C(c2ccccc2C2=CC(=O)C=C(CCCC(C)(C)CO)S2=O)S1=O. The summed E-state index contributed by atoms with van der Waals surface area (Å²) in [4.78, 5) is 27.0. The molecule has 0 radical (unpaired) electrons. The van der Waals surface area contributed by atoms with Gasteiger partial charge >= 0.3 is 0 Å². The van der Waals surface area contributed by atoms with Crippen molar-refractivity contribution < 1.29 is 28.2 Å². The maximum Gasteiger partial charge on any atom is 0.180 e. The lowest BCUT2D eigenvalue weighted by Gasteiger charge is -2.23. The highest BCUT2D eigenvalue weighted by Gasteiger charge is 2.29. The van der Waals surface area contributed by atoms with Crippen LogP contribution in [0.4, 0.5) is 0 Å². The summed E-state index contributed by atoms with van der Waals surface area (Å²) < 4.78 is 27.2. The summed E-state index contributed by atoms with van der Waals surface area (Å²) in [6.07, 6.45) is 9.29. The molecule has 0 bridgehead atoms. The topological polar surface area (TPSA) is 109 Å². The molecule has 0 aliphatic carbocycles. The first kappa shape index (κ1) is 30.3. The number of aliphatic hydroxyl groups excluding tert-OH is 2. The molecule has 0 saturated carbocycles. The second-order valence-corrected chi connectivity index (χ2v) is 14.5. The van der Waals surface area contributed by atoms with E-state index in [0.717, 1.165) is 12.8 Å². The van der Waals surface area contributed by atoms with Crippen LogP contribution in [0.1, 0.15) is 77.3 Å². The van der Waals surface area contributed by atoms with Gasteiger partial charge in [0.2, 0.25) is 0 Å². The van der Waals surface area contributed by atoms with Crippen LogP contribution in [0, 0.1) is 10.8 Å². The average molecular weight is 559 g/mol. The van der Waals surface area contributed by atoms with E-state index < -0.39 is 21.6 Å². The van der Waals surface area contributed by atoms with Gasteiger partial charge in [0.25, 0.3) is 0 Å². The van der Waals surface area contributed by atoms with Crippen LogP contribution >= 0.6 is 0 Å². The fourth-order valence-electron chi connectivity index (χ4n) is 4.39. The third-order valence-electron chi connectivity index (χ3n) is 6.90. The van der Waals surface area contributed by atoms with E-state index in [1.165, 1.54) is 24.3 Å². The van der Waals surface area contributed by atoms with Gasteiger partial charge in [-0.2, -0.15) is 0 Å². The molecular formula is C30H38O6S2. The van der Waals surface area contributed by atoms with Gasteiger partial charge in [-0.1, -0.05) is 52.0 Å². The van der Waals surface area contributed by atoms with Crippen molar-refractivity contribution in [1.82, 2.24) is 0 Å². The van der Waals surface area contributed by atoms with Gasteiger partial charge in [0.05, 0.1) is 31.4 Å². The zero-order valence-electron chi connectivity index (χ0n) is 22.6. The van der Waals surface area contributed by atoms with Crippen LogP contribution in [0.25, 0.3) is 9.81 Å². The molecule has 0 fully saturated rings. The average Bonchev–Trinajstić information content (AvgIpc) is 2.87. The molecule has 2 aliphatic rings. The molecule has 2 aliphatic heterocycles. The van der Waals surface area contributed by atoms with Crippen LogP contribution in [-0.4, -0.2) is 43.4 Å². The summed E-state index contributed by atoms with van der Waals surface area (Å²) in [5.74, 6) is -0.513. The van der Waals surface area contributed by atoms with Crippen LogP contribution in [-0.2, 0) is 31.2 Å². The highest BCUT2D eigenvalue weighted by atomic mass is 32.2. The predicted molar refractivity (Wildman–Crippen MR) is 154 cm³/mol. The number of rotatable bonds is 12. The van der Waals surface area contributed by atoms with Crippen LogP contribution in [0.15, 0.2) is 58.4 Å². The number of benzene rings is 1. The summed E-state index contributed by atoms with van der Waals surface area (Å²) >= 11 is 0. The van der Waals surface area contributed by atoms with Crippen molar-refractivity contribution in [2.24, 2.45) is 10.8 Å². The lowest BCUT2D eigenvalue weighted by molar-refractivity contribution is -0.111. The van der Waals surface area contributed by atoms with E-state index in [1.807, 2.05) is 27.7 Å². The maximum atomic E-state index is 13.6. The van der Waals surface area contributed by atoms with Crippen molar-refractivity contribution in [2.75, 3.05) is 13.2 Å². The first-order chi connectivity index (χ1) is 17.9. The summed E-state index contributed by atoms with van der Waals surface area (Å²) in [5.41, 5.74) is 0.538. The molecule has 2 unspecified atom stereocenters. The Morgan fingerprint density at radius 1 is 0.658 bits per heavy atom. The minimum Gasteiger partial charge on any atom is -0.396 e. The van der Waals surface area contributed by atoms with Crippen molar-refractivity contribution >= 4 is 43.0 Å². The predicted octanol–water partition coefficient (Wildman–Crippen LogP) is 5.18. The third-order valence-corrected chi connectivity index (χ3v) is 9.97. The van der Waals surface area contributed by atoms with Crippen molar-refractivity contribution in [3.8, 4) is 0 Å². The Morgan fingerprint density at radius 2 is 1.03 bits per heavy atom. The van der Waals surface area contributed by atoms with Gasteiger partial charge in [-0.25, -0.2) is 8.42 Å². The molecular weight excluding hydrogens is 520 g/mol. The zero-order valence-corrected chi connectivity index (χ0v) is 24.3. The maximum absolute atomic E-state index is 13.6. The second-order valence-electron chi connectivity index (χ2n) is 11.5. The molecule has 0 amide bonds. The van der Waals surface area contributed by atoms with Crippen LogP contribution in [0.5, 0.6) is 0 Å². The summed E-state index contributed by atoms with van der Waals surface area (Å²) in [5, 5.41) is 19.0. The Morgan fingerprint density at radius 3 is 1.37 bits per heavy atom. The number of aliphatic hydroxyl groups is 2. The van der Waals surface area contributed by atoms with Crippen LogP contribution < -0.4 is 0 Å². The van der Waals surface area contributed by atoms with Crippen LogP contribution in [0.2, 0.25) is 0 Å². The Hall–Kier alpha value is -2.26. The van der Waals surface area contributed by atoms with Gasteiger partial charge in [0.1, 0.15) is 0 Å². The Balaban J connectivity index is 1.85. The quantitative estimate of drug-likeness (QED) is 0.366. The summed E-state index contributed by atoms with van der Waals surface area (Å²) in [6.45, 7) is 7.94. The normalized spacial score (nSPS) is 20.6.